The van der Waals surface area contributed by atoms with Gasteiger partial charge in [0, 0.05) is 22.2 Å². The van der Waals surface area contributed by atoms with Gasteiger partial charge in [0.15, 0.2) is 6.04 Å². The number of hydrogen-bond acceptors (Lipinski definition) is 6. The van der Waals surface area contributed by atoms with Crippen molar-refractivity contribution in [1.29, 1.82) is 0 Å². The Morgan fingerprint density at radius 1 is 1.29 bits per heavy atom. The molecule has 0 spiro atoms. The number of aliphatic hydroxyl groups is 1. The zero-order valence-electron chi connectivity index (χ0n) is 20.6. The Morgan fingerprint density at radius 3 is 2.34 bits per heavy atom. The van der Waals surface area contributed by atoms with Crippen LogP contribution >= 0.6 is 23.5 Å². The van der Waals surface area contributed by atoms with Crippen LogP contribution in [-0.4, -0.2) is 46.8 Å². The summed E-state index contributed by atoms with van der Waals surface area (Å²) in [6.45, 7) is 8.36. The van der Waals surface area contributed by atoms with Gasteiger partial charge in [-0.1, -0.05) is 41.9 Å². The summed E-state index contributed by atoms with van der Waals surface area (Å²) in [5.74, 6) is -0.832. The van der Waals surface area contributed by atoms with Gasteiger partial charge in [-0.05, 0) is 62.5 Å². The number of benzene rings is 1. The van der Waals surface area contributed by atoms with E-state index in [-0.39, 0.29) is 35.4 Å². The fourth-order valence-corrected chi connectivity index (χ4v) is 7.75. The molecule has 1 aromatic carbocycles. The molecule has 0 aliphatic heterocycles. The second-order valence-electron chi connectivity index (χ2n) is 9.98. The van der Waals surface area contributed by atoms with Gasteiger partial charge in [-0.3, -0.25) is 9.56 Å². The molecule has 0 heterocycles. The molecular weight excluding hydrogens is 547 g/mol. The Balaban J connectivity index is 1.87. The molecule has 0 amide bonds. The number of fused-ring (bicyclic) bond motifs is 2. The average Bonchev–Trinajstić information content (AvgIpc) is 2.73. The first-order valence-corrected chi connectivity index (χ1v) is 14.0. The maximum Gasteiger partial charge on any atom is 0.404 e. The van der Waals surface area contributed by atoms with E-state index in [2.05, 4.69) is 34.8 Å². The number of aliphatic imine (C=N–C) groups is 1. The van der Waals surface area contributed by atoms with Gasteiger partial charge < -0.3 is 19.3 Å². The van der Waals surface area contributed by atoms with Crippen molar-refractivity contribution >= 4 is 35.2 Å². The molecule has 7 nitrogen and oxygen atoms in total. The minimum absolute atomic E-state index is 0.00368. The van der Waals surface area contributed by atoms with Crippen LogP contribution in [0.3, 0.4) is 0 Å². The summed E-state index contributed by atoms with van der Waals surface area (Å²) in [4.78, 5) is 16.4. The van der Waals surface area contributed by atoms with E-state index in [1.54, 1.807) is 6.92 Å². The van der Waals surface area contributed by atoms with Crippen molar-refractivity contribution < 1.29 is 37.4 Å². The van der Waals surface area contributed by atoms with Crippen molar-refractivity contribution in [2.24, 2.45) is 22.2 Å². The summed E-state index contributed by atoms with van der Waals surface area (Å²) in [6, 6.07) is 2.62. The summed E-state index contributed by atoms with van der Waals surface area (Å²) in [6.07, 6.45) is 1.35. The molecular formula is C24H33BrF2NO6P. The number of carboxylic acids is 1. The van der Waals surface area contributed by atoms with Gasteiger partial charge in [0.05, 0.1) is 13.2 Å². The second kappa shape index (κ2) is 9.93. The molecule has 3 unspecified atom stereocenters. The summed E-state index contributed by atoms with van der Waals surface area (Å²) < 4.78 is 52.7. The van der Waals surface area contributed by atoms with E-state index in [0.29, 0.717) is 23.6 Å². The Hall–Kier alpha value is -1.19. The molecule has 3 saturated carbocycles. The second-order valence-corrected chi connectivity index (χ2v) is 12.9. The lowest BCUT2D eigenvalue weighted by molar-refractivity contribution is -0.139. The Bertz CT molecular complexity index is 1050. The zero-order chi connectivity index (χ0) is 26.4. The zero-order valence-corrected chi connectivity index (χ0v) is 23.0. The lowest BCUT2D eigenvalue weighted by atomic mass is 9.44. The first-order valence-electron chi connectivity index (χ1n) is 11.7. The van der Waals surface area contributed by atoms with Crippen LogP contribution in [0.4, 0.5) is 8.78 Å². The van der Waals surface area contributed by atoms with E-state index in [1.165, 1.54) is 26.0 Å². The normalized spacial score (nSPS) is 28.0. The SMILES string of the molecule is CCOP(=O)(OCC)C(F)(F)c1ccc(C[C@H](/N=C2\CC3CC(C2(C)O)C3(C)C)C(=O)O)cc1Br. The van der Waals surface area contributed by atoms with E-state index in [1.807, 2.05) is 0 Å². The lowest BCUT2D eigenvalue weighted by Gasteiger charge is -2.62. The predicted octanol–water partition coefficient (Wildman–Crippen LogP) is 6.02. The molecule has 1 aromatic rings. The minimum Gasteiger partial charge on any atom is -0.480 e. The molecule has 4 atom stereocenters. The highest BCUT2D eigenvalue weighted by Gasteiger charge is 2.62. The molecule has 3 aliphatic carbocycles. The number of aliphatic carboxylic acids is 1. The number of halogens is 3. The van der Waals surface area contributed by atoms with Gasteiger partial charge in [0.25, 0.3) is 0 Å². The number of carboxylic acid groups (broad SMARTS) is 1. The quantitative estimate of drug-likeness (QED) is 0.328. The number of alkyl halides is 2. The topological polar surface area (TPSA) is 105 Å². The first-order chi connectivity index (χ1) is 16.1. The smallest absolute Gasteiger partial charge is 0.404 e. The highest BCUT2D eigenvalue weighted by Crippen LogP contribution is 2.67. The summed E-state index contributed by atoms with van der Waals surface area (Å²) in [5.41, 5.74) is -4.81. The van der Waals surface area contributed by atoms with Crippen LogP contribution in [0.25, 0.3) is 0 Å². The highest BCUT2D eigenvalue weighted by atomic mass is 79.9. The molecule has 2 bridgehead atoms. The summed E-state index contributed by atoms with van der Waals surface area (Å²) >= 11 is 3.11. The Morgan fingerprint density at radius 2 is 1.89 bits per heavy atom. The maximum atomic E-state index is 15.2. The summed E-state index contributed by atoms with van der Waals surface area (Å²) in [7, 11) is -4.79. The predicted molar refractivity (Wildman–Crippen MR) is 132 cm³/mol. The van der Waals surface area contributed by atoms with Crippen molar-refractivity contribution in [3.63, 3.8) is 0 Å². The monoisotopic (exact) mass is 579 g/mol. The van der Waals surface area contributed by atoms with Crippen LogP contribution in [0, 0.1) is 17.3 Å². The number of nitrogens with zero attached hydrogens (tertiary/aromatic N) is 1. The molecule has 0 saturated heterocycles. The highest BCUT2D eigenvalue weighted by molar-refractivity contribution is 9.10. The standard InChI is InChI=1S/C24H33BrF2NO6P/c1-6-33-35(32,34-7-2)24(26,27)16-9-8-14(10-17(16)25)11-18(21(29)30)28-20-13-15-12-19(22(15,3)4)23(20,5)31/h8-10,15,18-19,31H,6-7,11-13H2,1-5H3,(H,29,30)/b28-20+/t15?,18-,19?,23?/m0/s1. The van der Waals surface area contributed by atoms with Gasteiger partial charge in [0.2, 0.25) is 0 Å². The maximum absolute atomic E-state index is 15.2. The minimum atomic E-state index is -4.79. The van der Waals surface area contributed by atoms with Gasteiger partial charge in [0.1, 0.15) is 5.60 Å². The Kier molecular flexibility index (Phi) is 8.06. The van der Waals surface area contributed by atoms with Gasteiger partial charge in [-0.15, -0.1) is 0 Å². The van der Waals surface area contributed by atoms with Crippen molar-refractivity contribution in [3.8, 4) is 0 Å². The molecule has 0 radical (unpaired) electrons. The van der Waals surface area contributed by atoms with Crippen LogP contribution in [0.15, 0.2) is 27.7 Å². The van der Waals surface area contributed by atoms with Crippen molar-refractivity contribution in [3.05, 3.63) is 33.8 Å². The van der Waals surface area contributed by atoms with Gasteiger partial charge in [-0.2, -0.15) is 8.78 Å². The third kappa shape index (κ3) is 5.01. The molecule has 0 aromatic heterocycles. The van der Waals surface area contributed by atoms with Crippen LogP contribution in [0.1, 0.15) is 58.6 Å². The molecule has 2 N–H and O–H groups in total. The number of carbonyl (C=O) groups is 1. The molecule has 196 valence electrons. The van der Waals surface area contributed by atoms with Gasteiger partial charge in [-0.25, -0.2) is 4.79 Å². The van der Waals surface area contributed by atoms with Crippen LogP contribution in [0.2, 0.25) is 0 Å². The van der Waals surface area contributed by atoms with Crippen molar-refractivity contribution in [2.75, 3.05) is 13.2 Å². The van der Waals surface area contributed by atoms with E-state index < -0.39 is 36.4 Å². The largest absolute Gasteiger partial charge is 0.480 e. The fourth-order valence-electron chi connectivity index (χ4n) is 5.36. The van der Waals surface area contributed by atoms with E-state index in [4.69, 9.17) is 9.05 Å². The molecule has 4 rings (SSSR count). The average molecular weight is 580 g/mol. The third-order valence-electron chi connectivity index (χ3n) is 7.50. The van der Waals surface area contributed by atoms with Crippen LogP contribution < -0.4 is 0 Å². The van der Waals surface area contributed by atoms with Crippen molar-refractivity contribution in [2.45, 2.75) is 71.2 Å². The third-order valence-corrected chi connectivity index (χ3v) is 10.3. The number of hydrogen-bond donors (Lipinski definition) is 2. The number of rotatable bonds is 10. The van der Waals surface area contributed by atoms with E-state index in [9.17, 15) is 19.6 Å². The summed E-state index contributed by atoms with van der Waals surface area (Å²) in [5, 5.41) is 20.9. The first kappa shape index (κ1) is 28.4. The molecule has 11 heteroatoms. The van der Waals surface area contributed by atoms with E-state index in [0.717, 1.165) is 12.5 Å². The van der Waals surface area contributed by atoms with Crippen LogP contribution in [0.5, 0.6) is 0 Å². The molecule has 3 fully saturated rings. The Labute approximate surface area is 213 Å². The van der Waals surface area contributed by atoms with Crippen LogP contribution in [-0.2, 0) is 30.5 Å². The lowest BCUT2D eigenvalue weighted by Crippen LogP contribution is -2.65. The molecule has 3 aliphatic rings. The fraction of sp³-hybridized carbons (Fsp3) is 0.667. The molecule has 35 heavy (non-hydrogen) atoms. The van der Waals surface area contributed by atoms with E-state index >= 15 is 8.78 Å². The van der Waals surface area contributed by atoms with Gasteiger partial charge >= 0.3 is 19.2 Å². The van der Waals surface area contributed by atoms with Crippen molar-refractivity contribution in [1.82, 2.24) is 0 Å².